The van der Waals surface area contributed by atoms with Gasteiger partial charge in [-0.25, -0.2) is 4.79 Å². The molecule has 0 saturated carbocycles. The molecule has 2 amide bonds. The lowest BCUT2D eigenvalue weighted by atomic mass is 10.3. The van der Waals surface area contributed by atoms with Crippen LogP contribution in [0.25, 0.3) is 0 Å². The van der Waals surface area contributed by atoms with Crippen molar-refractivity contribution in [2.75, 3.05) is 12.4 Å². The number of phenols is 1. The van der Waals surface area contributed by atoms with Gasteiger partial charge in [0.05, 0.1) is 12.4 Å². The fraction of sp³-hybridized carbons (Fsp3) is 0.273. The summed E-state index contributed by atoms with van der Waals surface area (Å²) in [6, 6.07) is 6.67. The van der Waals surface area contributed by atoms with E-state index in [2.05, 4.69) is 10.1 Å². The van der Waals surface area contributed by atoms with Crippen LogP contribution in [0.1, 0.15) is 6.92 Å². The Morgan fingerprint density at radius 2 is 2.12 bits per heavy atom. The fourth-order valence-corrected chi connectivity index (χ4v) is 1.79. The molecule has 1 aromatic carbocycles. The average molecular weight is 255 g/mol. The van der Waals surface area contributed by atoms with E-state index in [4.69, 9.17) is 0 Å². The van der Waals surface area contributed by atoms with Gasteiger partial charge in [0.1, 0.15) is 5.75 Å². The van der Waals surface area contributed by atoms with Crippen LogP contribution in [-0.4, -0.2) is 29.5 Å². The first-order valence-corrected chi connectivity index (χ1v) is 5.99. The summed E-state index contributed by atoms with van der Waals surface area (Å²) in [6.07, 6.45) is -0.754. The zero-order chi connectivity index (χ0) is 12.7. The summed E-state index contributed by atoms with van der Waals surface area (Å²) >= 11 is 1.15. The number of carbonyl (C=O) groups excluding carboxylic acids is 2. The summed E-state index contributed by atoms with van der Waals surface area (Å²) in [5.41, 5.74) is 0. The van der Waals surface area contributed by atoms with Gasteiger partial charge < -0.3 is 9.84 Å². The second-order valence-corrected chi connectivity index (χ2v) is 4.04. The topological polar surface area (TPSA) is 75.6 Å². The van der Waals surface area contributed by atoms with E-state index in [9.17, 15) is 14.7 Å². The molecule has 0 atom stereocenters. The van der Waals surface area contributed by atoms with Gasteiger partial charge in [0.25, 0.3) is 0 Å². The molecule has 1 rings (SSSR count). The molecule has 6 heteroatoms. The van der Waals surface area contributed by atoms with Crippen molar-refractivity contribution in [3.63, 3.8) is 0 Å². The molecule has 1 aromatic rings. The molecule has 0 bridgehead atoms. The number of aromatic hydroxyl groups is 1. The van der Waals surface area contributed by atoms with Gasteiger partial charge in [-0.15, -0.1) is 11.8 Å². The summed E-state index contributed by atoms with van der Waals surface area (Å²) in [4.78, 5) is 22.8. The molecule has 0 radical (unpaired) electrons. The normalized spacial score (nSPS) is 9.71. The van der Waals surface area contributed by atoms with Gasteiger partial charge in [0.2, 0.25) is 5.91 Å². The number of carbonyl (C=O) groups is 2. The Hall–Kier alpha value is -1.69. The number of hydrogen-bond acceptors (Lipinski definition) is 5. The van der Waals surface area contributed by atoms with Gasteiger partial charge >= 0.3 is 6.09 Å². The summed E-state index contributed by atoms with van der Waals surface area (Å²) < 4.78 is 4.56. The maximum atomic E-state index is 11.3. The maximum absolute atomic E-state index is 11.3. The lowest BCUT2D eigenvalue weighted by molar-refractivity contribution is -0.117. The molecular formula is C11H13NO4S. The van der Waals surface area contributed by atoms with E-state index < -0.39 is 12.0 Å². The predicted molar refractivity (Wildman–Crippen MR) is 64.0 cm³/mol. The number of alkyl carbamates (subject to hydrolysis) is 1. The first kappa shape index (κ1) is 13.4. The molecule has 2 N–H and O–H groups in total. The Bertz CT molecular complexity index is 408. The summed E-state index contributed by atoms with van der Waals surface area (Å²) in [6.45, 7) is 1.87. The van der Waals surface area contributed by atoms with Crippen molar-refractivity contribution in [3.8, 4) is 5.75 Å². The van der Waals surface area contributed by atoms with Gasteiger partial charge in [0.15, 0.2) is 0 Å². The molecule has 0 aliphatic rings. The second kappa shape index (κ2) is 6.80. The third kappa shape index (κ3) is 4.78. The number of ether oxygens (including phenoxy) is 1. The quantitative estimate of drug-likeness (QED) is 0.802. The lowest BCUT2D eigenvalue weighted by Gasteiger charge is -2.05. The van der Waals surface area contributed by atoms with Gasteiger partial charge in [-0.05, 0) is 19.1 Å². The number of para-hydroxylation sites is 1. The molecule has 0 aliphatic heterocycles. The van der Waals surface area contributed by atoms with Crippen molar-refractivity contribution in [2.24, 2.45) is 0 Å². The van der Waals surface area contributed by atoms with E-state index in [1.165, 1.54) is 6.07 Å². The monoisotopic (exact) mass is 255 g/mol. The molecule has 0 spiro atoms. The number of amides is 2. The molecule has 0 aromatic heterocycles. The van der Waals surface area contributed by atoms with Crippen molar-refractivity contribution in [3.05, 3.63) is 24.3 Å². The highest BCUT2D eigenvalue weighted by Crippen LogP contribution is 2.27. The van der Waals surface area contributed by atoms with Crippen molar-refractivity contribution >= 4 is 23.8 Å². The number of hydrogen-bond donors (Lipinski definition) is 2. The van der Waals surface area contributed by atoms with Crippen LogP contribution in [0.4, 0.5) is 4.79 Å². The van der Waals surface area contributed by atoms with Gasteiger partial charge in [-0.3, -0.25) is 10.1 Å². The Morgan fingerprint density at radius 1 is 1.41 bits per heavy atom. The fourth-order valence-electron chi connectivity index (χ4n) is 1.04. The highest BCUT2D eigenvalue weighted by atomic mass is 32.2. The van der Waals surface area contributed by atoms with Crippen molar-refractivity contribution in [2.45, 2.75) is 11.8 Å². The van der Waals surface area contributed by atoms with Crippen LogP contribution in [0.15, 0.2) is 29.2 Å². The third-order valence-electron chi connectivity index (χ3n) is 1.74. The SMILES string of the molecule is CCOC(=O)NC(=O)CSc1ccccc1O. The Balaban J connectivity index is 2.38. The third-order valence-corrected chi connectivity index (χ3v) is 2.80. The molecule has 0 aliphatic carbocycles. The summed E-state index contributed by atoms with van der Waals surface area (Å²) in [7, 11) is 0. The molecule has 5 nitrogen and oxygen atoms in total. The van der Waals surface area contributed by atoms with Crippen LogP contribution in [0.3, 0.4) is 0 Å². The number of rotatable bonds is 4. The maximum Gasteiger partial charge on any atom is 0.413 e. The van der Waals surface area contributed by atoms with E-state index in [1.54, 1.807) is 25.1 Å². The summed E-state index contributed by atoms with van der Waals surface area (Å²) in [5, 5.41) is 11.5. The van der Waals surface area contributed by atoms with Gasteiger partial charge in [-0.2, -0.15) is 0 Å². The highest BCUT2D eigenvalue weighted by molar-refractivity contribution is 8.00. The van der Waals surface area contributed by atoms with E-state index >= 15 is 0 Å². The predicted octanol–water partition coefficient (Wildman–Crippen LogP) is 1.76. The highest BCUT2D eigenvalue weighted by Gasteiger charge is 2.09. The van der Waals surface area contributed by atoms with Crippen molar-refractivity contribution in [1.82, 2.24) is 5.32 Å². The van der Waals surface area contributed by atoms with Crippen LogP contribution in [0.5, 0.6) is 5.75 Å². The Morgan fingerprint density at radius 3 is 2.76 bits per heavy atom. The smallest absolute Gasteiger partial charge is 0.413 e. The van der Waals surface area contributed by atoms with E-state index in [0.29, 0.717) is 4.90 Å². The van der Waals surface area contributed by atoms with Crippen LogP contribution in [0.2, 0.25) is 0 Å². The van der Waals surface area contributed by atoms with Gasteiger partial charge in [0, 0.05) is 4.90 Å². The second-order valence-electron chi connectivity index (χ2n) is 3.03. The molecule has 0 fully saturated rings. The first-order chi connectivity index (χ1) is 8.13. The molecule has 0 heterocycles. The molecule has 92 valence electrons. The van der Waals surface area contributed by atoms with Gasteiger partial charge in [-0.1, -0.05) is 12.1 Å². The zero-order valence-electron chi connectivity index (χ0n) is 9.30. The van der Waals surface area contributed by atoms with Crippen LogP contribution in [0, 0.1) is 0 Å². The van der Waals surface area contributed by atoms with Crippen molar-refractivity contribution in [1.29, 1.82) is 0 Å². The zero-order valence-corrected chi connectivity index (χ0v) is 10.1. The largest absolute Gasteiger partial charge is 0.507 e. The number of thioether (sulfide) groups is 1. The Kier molecular flexibility index (Phi) is 5.35. The average Bonchev–Trinajstić information content (AvgIpc) is 2.28. The minimum Gasteiger partial charge on any atom is -0.507 e. The van der Waals surface area contributed by atoms with Crippen LogP contribution >= 0.6 is 11.8 Å². The molecule has 17 heavy (non-hydrogen) atoms. The van der Waals surface area contributed by atoms with E-state index in [1.807, 2.05) is 0 Å². The van der Waals surface area contributed by atoms with E-state index in [0.717, 1.165) is 11.8 Å². The minimum atomic E-state index is -0.754. The molecular weight excluding hydrogens is 242 g/mol. The number of phenolic OH excluding ortho intramolecular Hbond substituents is 1. The molecule has 0 unspecified atom stereocenters. The van der Waals surface area contributed by atoms with Crippen LogP contribution in [-0.2, 0) is 9.53 Å². The number of imide groups is 1. The number of nitrogens with one attached hydrogen (secondary N) is 1. The number of benzene rings is 1. The first-order valence-electron chi connectivity index (χ1n) is 5.01. The lowest BCUT2D eigenvalue weighted by Crippen LogP contribution is -2.32. The minimum absolute atomic E-state index is 0.0381. The standard InChI is InChI=1S/C11H13NO4S/c1-2-16-11(15)12-10(14)7-17-9-6-4-3-5-8(9)13/h3-6,13H,2,7H2,1H3,(H,12,14,15). The van der Waals surface area contributed by atoms with E-state index in [-0.39, 0.29) is 18.1 Å². The van der Waals surface area contributed by atoms with Crippen molar-refractivity contribution < 1.29 is 19.4 Å². The van der Waals surface area contributed by atoms with Crippen LogP contribution < -0.4 is 5.32 Å². The Labute approximate surface area is 103 Å². The molecule has 0 saturated heterocycles. The summed E-state index contributed by atoms with van der Waals surface area (Å²) in [5.74, 6) is -0.311.